The van der Waals surface area contributed by atoms with E-state index in [0.29, 0.717) is 44.5 Å². The maximum Gasteiger partial charge on any atom is 0.395 e. The van der Waals surface area contributed by atoms with E-state index < -0.39 is 25.2 Å². The first-order valence-electron chi connectivity index (χ1n) is 22.3. The van der Waals surface area contributed by atoms with Gasteiger partial charge in [-0.3, -0.25) is 0 Å². The minimum atomic E-state index is -4.30. The number of H-pyrrole nitrogens is 2. The zero-order chi connectivity index (χ0) is 48.9. The SMILES string of the molecule is CC[C@@H]1CC[C@H](NCc2ccc3[nH]c(C#N)cc3c2)C1.CN(c1ncnc2sc(CC(F)(F)F)nc12)[C@@H]1CC[C@H](NCc2ccc3[nH]c(C#N)cc3c2)C1.FC(F)(F)Cc1nc2c(Cl)ncnc2s1. The van der Waals surface area contributed by atoms with E-state index in [2.05, 4.69) is 93.8 Å². The summed E-state index contributed by atoms with van der Waals surface area (Å²) in [6.45, 7) is 3.93. The molecule has 0 bridgehead atoms. The van der Waals surface area contributed by atoms with Gasteiger partial charge in [-0.1, -0.05) is 59.8 Å². The standard InChI is InChI=1S/C23H22F3N7S.C17H21N3.C7H3ClF3N3S/c1-33(21-20-22(30-12-29-21)34-19(32-20)9-23(24,25)26)17-4-3-15(8-17)28-11-13-2-5-18-14(6-13)7-16(10-27)31-18;1-2-12-3-5-15(8-12)19-11-13-4-6-17-14(7-13)9-16(10-18)20-17;8-5-4-6(13-2-12-5)15-3(14-4)1-7(9,10)11/h2,5-7,12,15,17,28,31H,3-4,8-9,11H2,1H3;4,6-7,9,12,15,19-20H,2-3,5,8,11H2,1H3;2H,1H2/t15-,17+;12-,15+;/m01./s1. The van der Waals surface area contributed by atoms with Crippen molar-refractivity contribution in [3.63, 3.8) is 0 Å². The number of hydrogen-bond donors (Lipinski definition) is 4. The second kappa shape index (κ2) is 21.3. The normalized spacial score (nSPS) is 18.2. The van der Waals surface area contributed by atoms with Crippen molar-refractivity contribution in [3.8, 4) is 12.1 Å². The summed E-state index contributed by atoms with van der Waals surface area (Å²) in [6.07, 6.45) is 0.0343. The van der Waals surface area contributed by atoms with Crippen molar-refractivity contribution in [2.45, 2.75) is 108 Å². The van der Waals surface area contributed by atoms with Crippen LogP contribution in [0.4, 0.5) is 32.2 Å². The molecule has 6 aromatic heterocycles. The van der Waals surface area contributed by atoms with Crippen molar-refractivity contribution in [1.82, 2.24) is 50.5 Å². The Morgan fingerprint density at radius 3 is 1.75 bits per heavy atom. The molecule has 0 saturated heterocycles. The van der Waals surface area contributed by atoms with E-state index in [9.17, 15) is 26.3 Å². The third-order valence-corrected chi connectivity index (χ3v) is 14.5. The number of halogens is 7. The van der Waals surface area contributed by atoms with Gasteiger partial charge in [-0.2, -0.15) is 36.9 Å². The minimum Gasteiger partial charge on any atom is -0.355 e. The fourth-order valence-corrected chi connectivity index (χ4v) is 10.9. The highest BCUT2D eigenvalue weighted by Crippen LogP contribution is 2.35. The molecule has 4 atom stereocenters. The number of hydrogen-bond acceptors (Lipinski definition) is 13. The Kier molecular flexibility index (Phi) is 15.3. The van der Waals surface area contributed by atoms with Gasteiger partial charge in [0.05, 0.1) is 12.8 Å². The Morgan fingerprint density at radius 1 is 0.710 bits per heavy atom. The van der Waals surface area contributed by atoms with E-state index in [1.165, 1.54) is 43.9 Å². The number of fused-ring (bicyclic) bond motifs is 4. The molecule has 8 aromatic rings. The second-order valence-corrected chi connectivity index (χ2v) is 19.7. The Hall–Kier alpha value is -5.97. The molecule has 2 saturated carbocycles. The lowest BCUT2D eigenvalue weighted by atomic mass is 10.1. The third-order valence-electron chi connectivity index (χ3n) is 12.3. The lowest BCUT2D eigenvalue weighted by Gasteiger charge is -2.26. The van der Waals surface area contributed by atoms with Crippen molar-refractivity contribution in [3.05, 3.63) is 98.9 Å². The van der Waals surface area contributed by atoms with Gasteiger partial charge >= 0.3 is 12.4 Å². The average Bonchev–Trinajstić information content (AvgIpc) is 4.18. The summed E-state index contributed by atoms with van der Waals surface area (Å²) < 4.78 is 74.6. The summed E-state index contributed by atoms with van der Waals surface area (Å²) >= 11 is 7.49. The number of thiazole rings is 2. The van der Waals surface area contributed by atoms with Crippen LogP contribution in [0.15, 0.2) is 61.2 Å². The molecular weight excluding hydrogens is 960 g/mol. The van der Waals surface area contributed by atoms with E-state index in [-0.39, 0.29) is 26.7 Å². The van der Waals surface area contributed by atoms with Crippen molar-refractivity contribution in [1.29, 1.82) is 10.5 Å². The highest BCUT2D eigenvalue weighted by Gasteiger charge is 2.33. The molecule has 2 fully saturated rings. The Morgan fingerprint density at radius 2 is 1.23 bits per heavy atom. The Labute approximate surface area is 405 Å². The molecule has 2 aliphatic rings. The fraction of sp³-hybridized carbons (Fsp3) is 0.404. The van der Waals surface area contributed by atoms with Gasteiger partial charge in [0.1, 0.15) is 66.9 Å². The first kappa shape index (κ1) is 49.5. The number of aromatic nitrogens is 8. The number of nitriles is 2. The predicted octanol–water partition coefficient (Wildman–Crippen LogP) is 11.2. The smallest absolute Gasteiger partial charge is 0.355 e. The maximum atomic E-state index is 12.8. The molecule has 6 heterocycles. The van der Waals surface area contributed by atoms with E-state index in [0.717, 1.165) is 88.3 Å². The third kappa shape index (κ3) is 12.8. The van der Waals surface area contributed by atoms with E-state index in [1.54, 1.807) is 0 Å². The average molecular weight is 1010 g/mol. The van der Waals surface area contributed by atoms with Crippen LogP contribution in [0.5, 0.6) is 0 Å². The number of aromatic amines is 2. The van der Waals surface area contributed by atoms with Crippen LogP contribution in [0, 0.1) is 28.6 Å². The van der Waals surface area contributed by atoms with E-state index in [4.69, 9.17) is 22.1 Å². The molecule has 0 unspecified atom stereocenters. The highest BCUT2D eigenvalue weighted by atomic mass is 35.5. The number of nitrogens with zero attached hydrogens (tertiary/aromatic N) is 9. The molecule has 13 nitrogen and oxygen atoms in total. The highest BCUT2D eigenvalue weighted by molar-refractivity contribution is 7.18. The molecule has 69 heavy (non-hydrogen) atoms. The molecule has 10 rings (SSSR count). The summed E-state index contributed by atoms with van der Waals surface area (Å²) in [5.41, 5.74) is 6.26. The molecule has 0 amide bonds. The van der Waals surface area contributed by atoms with Crippen LogP contribution in [-0.4, -0.2) is 77.4 Å². The molecule has 360 valence electrons. The zero-order valence-corrected chi connectivity index (χ0v) is 39.7. The fourth-order valence-electron chi connectivity index (χ4n) is 8.84. The lowest BCUT2D eigenvalue weighted by molar-refractivity contribution is -0.128. The molecule has 0 radical (unpaired) electrons. The van der Waals surface area contributed by atoms with Gasteiger partial charge in [-0.15, -0.1) is 0 Å². The first-order chi connectivity index (χ1) is 33.0. The van der Waals surface area contributed by atoms with Gasteiger partial charge in [-0.05, 0) is 92.0 Å². The van der Waals surface area contributed by atoms with Crippen LogP contribution < -0.4 is 15.5 Å². The summed E-state index contributed by atoms with van der Waals surface area (Å²) in [4.78, 5) is 32.9. The molecular formula is C47H46ClF6N13S2. The lowest BCUT2D eigenvalue weighted by Crippen LogP contribution is -2.33. The van der Waals surface area contributed by atoms with Crippen LogP contribution in [0.3, 0.4) is 0 Å². The second-order valence-electron chi connectivity index (χ2n) is 17.2. The molecule has 2 aromatic carbocycles. The first-order valence-corrected chi connectivity index (χ1v) is 24.3. The van der Waals surface area contributed by atoms with Crippen molar-refractivity contribution < 1.29 is 26.3 Å². The van der Waals surface area contributed by atoms with Crippen LogP contribution in [0.2, 0.25) is 5.15 Å². The minimum absolute atomic E-state index is 0.00453. The van der Waals surface area contributed by atoms with Gasteiger partial charge in [0.25, 0.3) is 0 Å². The Bertz CT molecular complexity index is 3130. The molecule has 4 N–H and O–H groups in total. The van der Waals surface area contributed by atoms with Crippen molar-refractivity contribution in [2.75, 3.05) is 11.9 Å². The quantitative estimate of drug-likeness (QED) is 0.0714. The predicted molar refractivity (Wildman–Crippen MR) is 256 cm³/mol. The Balaban J connectivity index is 0.000000155. The van der Waals surface area contributed by atoms with Gasteiger partial charge in [0, 0.05) is 60.1 Å². The maximum absolute atomic E-state index is 12.8. The summed E-state index contributed by atoms with van der Waals surface area (Å²) in [6, 6.07) is 21.7. The number of anilines is 1. The van der Waals surface area contributed by atoms with Crippen molar-refractivity contribution >= 4 is 82.6 Å². The monoisotopic (exact) mass is 1010 g/mol. The number of nitrogens with one attached hydrogen (secondary N) is 4. The number of rotatable bonds is 11. The van der Waals surface area contributed by atoms with Crippen LogP contribution in [0.1, 0.15) is 84.4 Å². The zero-order valence-electron chi connectivity index (χ0n) is 37.3. The molecule has 0 spiro atoms. The largest absolute Gasteiger partial charge is 0.395 e. The topological polar surface area (TPSA) is 184 Å². The summed E-state index contributed by atoms with van der Waals surface area (Å²) in [7, 11) is 1.92. The summed E-state index contributed by atoms with van der Waals surface area (Å²) in [5, 5.41) is 27.4. The molecule has 22 heteroatoms. The van der Waals surface area contributed by atoms with Crippen LogP contribution in [0.25, 0.3) is 42.5 Å². The van der Waals surface area contributed by atoms with Crippen LogP contribution >= 0.6 is 34.3 Å². The molecule has 2 aliphatic carbocycles. The van der Waals surface area contributed by atoms with Gasteiger partial charge < -0.3 is 25.5 Å². The van der Waals surface area contributed by atoms with Gasteiger partial charge in [0.2, 0.25) is 0 Å². The number of benzene rings is 2. The van der Waals surface area contributed by atoms with E-state index in [1.807, 2.05) is 36.2 Å². The van der Waals surface area contributed by atoms with E-state index >= 15 is 0 Å². The van der Waals surface area contributed by atoms with Crippen LogP contribution in [-0.2, 0) is 25.9 Å². The number of alkyl halides is 6. The van der Waals surface area contributed by atoms with Gasteiger partial charge in [-0.25, -0.2) is 29.9 Å². The molecule has 0 aliphatic heterocycles. The van der Waals surface area contributed by atoms with Gasteiger partial charge in [0.15, 0.2) is 11.0 Å². The summed E-state index contributed by atoms with van der Waals surface area (Å²) in [5.74, 6) is 1.49. The van der Waals surface area contributed by atoms with Crippen molar-refractivity contribution in [2.24, 2.45) is 5.92 Å².